The third-order valence-electron chi connectivity index (χ3n) is 1.88. The highest BCUT2D eigenvalue weighted by atomic mass is 79.9. The van der Waals surface area contributed by atoms with E-state index < -0.39 is 11.7 Å². The van der Waals surface area contributed by atoms with Crippen LogP contribution in [0.5, 0.6) is 0 Å². The minimum atomic E-state index is -0.953. The summed E-state index contributed by atoms with van der Waals surface area (Å²) in [5, 5.41) is 11.1. The van der Waals surface area contributed by atoms with Crippen LogP contribution in [-0.4, -0.2) is 39.6 Å². The van der Waals surface area contributed by atoms with Gasteiger partial charge in [-0.05, 0) is 39.3 Å². The zero-order valence-electron chi connectivity index (χ0n) is 12.4. The van der Waals surface area contributed by atoms with Gasteiger partial charge in [-0.1, -0.05) is 15.9 Å². The van der Waals surface area contributed by atoms with Gasteiger partial charge >= 0.3 is 12.1 Å². The topological polar surface area (TPSA) is 88.5 Å². The van der Waals surface area contributed by atoms with Crippen LogP contribution in [-0.2, 0) is 4.74 Å². The summed E-state index contributed by atoms with van der Waals surface area (Å²) in [6.45, 7) is 6.03. The number of amides is 1. The highest BCUT2D eigenvalue weighted by molar-refractivity contribution is 9.09. The SMILES string of the molecule is CC(C)(C)OC(=O)c1cccnc1.O=C(O)NCCCBr. The third kappa shape index (κ3) is 11.9. The second kappa shape index (κ2) is 10.1. The molecule has 1 rings (SSSR count). The summed E-state index contributed by atoms with van der Waals surface area (Å²) in [7, 11) is 0. The molecular formula is C14H21BrN2O4. The van der Waals surface area contributed by atoms with Crippen molar-refractivity contribution in [2.75, 3.05) is 11.9 Å². The van der Waals surface area contributed by atoms with Crippen molar-refractivity contribution in [3.8, 4) is 0 Å². The monoisotopic (exact) mass is 360 g/mol. The molecule has 0 aliphatic rings. The number of esters is 1. The van der Waals surface area contributed by atoms with Crippen LogP contribution < -0.4 is 5.32 Å². The van der Waals surface area contributed by atoms with Crippen LogP contribution in [0.15, 0.2) is 24.5 Å². The smallest absolute Gasteiger partial charge is 0.404 e. The van der Waals surface area contributed by atoms with Crippen molar-refractivity contribution < 1.29 is 19.4 Å². The van der Waals surface area contributed by atoms with Gasteiger partial charge in [0.05, 0.1) is 5.56 Å². The van der Waals surface area contributed by atoms with Gasteiger partial charge in [-0.2, -0.15) is 0 Å². The minimum absolute atomic E-state index is 0.333. The maximum atomic E-state index is 11.4. The first kappa shape index (κ1) is 19.4. The number of hydrogen-bond donors (Lipinski definition) is 2. The predicted molar refractivity (Wildman–Crippen MR) is 83.8 cm³/mol. The first-order valence-corrected chi connectivity index (χ1v) is 7.54. The molecule has 0 spiro atoms. The highest BCUT2D eigenvalue weighted by Gasteiger charge is 2.17. The van der Waals surface area contributed by atoms with Crippen LogP contribution in [0.4, 0.5) is 4.79 Å². The second-order valence-corrected chi connectivity index (χ2v) is 5.81. The van der Waals surface area contributed by atoms with Gasteiger partial charge in [0.1, 0.15) is 5.60 Å². The number of nitrogens with zero attached hydrogens (tertiary/aromatic N) is 1. The zero-order chi connectivity index (χ0) is 16.3. The quantitative estimate of drug-likeness (QED) is 0.489. The maximum absolute atomic E-state index is 11.4. The van der Waals surface area contributed by atoms with Gasteiger partial charge in [0.25, 0.3) is 0 Å². The Hall–Kier alpha value is -1.63. The van der Waals surface area contributed by atoms with Gasteiger partial charge < -0.3 is 15.2 Å². The van der Waals surface area contributed by atoms with Crippen molar-refractivity contribution in [2.24, 2.45) is 0 Å². The molecule has 2 N–H and O–H groups in total. The lowest BCUT2D eigenvalue weighted by atomic mass is 10.2. The average Bonchev–Trinajstić information content (AvgIpc) is 2.38. The van der Waals surface area contributed by atoms with E-state index in [9.17, 15) is 9.59 Å². The molecule has 0 aliphatic carbocycles. The molecule has 0 aromatic carbocycles. The predicted octanol–water partition coefficient (Wildman–Crippen LogP) is 3.08. The van der Waals surface area contributed by atoms with Gasteiger partial charge in [-0.25, -0.2) is 9.59 Å². The van der Waals surface area contributed by atoms with Crippen molar-refractivity contribution in [1.82, 2.24) is 10.3 Å². The van der Waals surface area contributed by atoms with Gasteiger partial charge in [0.15, 0.2) is 0 Å². The Kier molecular flexibility index (Phi) is 9.36. The van der Waals surface area contributed by atoms with Gasteiger partial charge in [-0.15, -0.1) is 0 Å². The molecule has 1 heterocycles. The van der Waals surface area contributed by atoms with E-state index in [1.165, 1.54) is 6.20 Å². The third-order valence-corrected chi connectivity index (χ3v) is 2.44. The number of halogens is 1. The number of pyridine rings is 1. The van der Waals surface area contributed by atoms with Crippen LogP contribution in [0, 0.1) is 0 Å². The number of carboxylic acid groups (broad SMARTS) is 1. The summed E-state index contributed by atoms with van der Waals surface area (Å²) in [5.41, 5.74) is 0.0323. The number of carbonyl (C=O) groups is 2. The fourth-order valence-corrected chi connectivity index (χ4v) is 1.36. The molecule has 0 radical (unpaired) electrons. The van der Waals surface area contributed by atoms with Crippen molar-refractivity contribution in [3.05, 3.63) is 30.1 Å². The Balaban J connectivity index is 0.000000433. The van der Waals surface area contributed by atoms with E-state index in [0.29, 0.717) is 12.1 Å². The fraction of sp³-hybridized carbons (Fsp3) is 0.500. The van der Waals surface area contributed by atoms with Crippen LogP contribution >= 0.6 is 15.9 Å². The van der Waals surface area contributed by atoms with E-state index in [0.717, 1.165) is 11.8 Å². The van der Waals surface area contributed by atoms with Crippen LogP contribution in [0.25, 0.3) is 0 Å². The molecule has 1 aromatic rings. The number of nitrogens with one attached hydrogen (secondary N) is 1. The highest BCUT2D eigenvalue weighted by Crippen LogP contribution is 2.10. The molecule has 6 nitrogen and oxygen atoms in total. The van der Waals surface area contributed by atoms with Gasteiger partial charge in [0, 0.05) is 24.3 Å². The van der Waals surface area contributed by atoms with E-state index in [1.807, 2.05) is 20.8 Å². The number of rotatable bonds is 4. The van der Waals surface area contributed by atoms with E-state index in [1.54, 1.807) is 18.3 Å². The number of alkyl halides is 1. The Morgan fingerprint density at radius 2 is 2.10 bits per heavy atom. The summed E-state index contributed by atoms with van der Waals surface area (Å²) in [6, 6.07) is 3.39. The van der Waals surface area contributed by atoms with Crippen LogP contribution in [0.2, 0.25) is 0 Å². The Morgan fingerprint density at radius 1 is 1.43 bits per heavy atom. The molecule has 0 unspecified atom stereocenters. The molecule has 1 amide bonds. The normalized spacial score (nSPS) is 10.1. The standard InChI is InChI=1S/C10H13NO2.C4H8BrNO2/c1-10(2,3)13-9(12)8-5-4-6-11-7-8;5-2-1-3-6-4(7)8/h4-7H,1-3H3;6H,1-3H2,(H,7,8). The van der Waals surface area contributed by atoms with Gasteiger partial charge in [0.2, 0.25) is 0 Å². The van der Waals surface area contributed by atoms with E-state index in [2.05, 4.69) is 26.2 Å². The molecule has 0 aliphatic heterocycles. The van der Waals surface area contributed by atoms with Crippen LogP contribution in [0.3, 0.4) is 0 Å². The molecule has 7 heteroatoms. The number of carbonyl (C=O) groups excluding carboxylic acids is 1. The molecule has 1 aromatic heterocycles. The van der Waals surface area contributed by atoms with Gasteiger partial charge in [-0.3, -0.25) is 4.98 Å². The average molecular weight is 361 g/mol. The Bertz CT molecular complexity index is 432. The molecular weight excluding hydrogens is 340 g/mol. The lowest BCUT2D eigenvalue weighted by molar-refractivity contribution is 0.00690. The molecule has 0 bridgehead atoms. The summed E-state index contributed by atoms with van der Waals surface area (Å²) in [4.78, 5) is 25.0. The number of aromatic nitrogens is 1. The summed E-state index contributed by atoms with van der Waals surface area (Å²) in [6.07, 6.45) is 3.00. The summed E-state index contributed by atoms with van der Waals surface area (Å²) >= 11 is 3.17. The van der Waals surface area contributed by atoms with Crippen molar-refractivity contribution in [1.29, 1.82) is 0 Å². The Labute approximate surface area is 133 Å². The molecule has 118 valence electrons. The molecule has 0 atom stereocenters. The Morgan fingerprint density at radius 3 is 2.52 bits per heavy atom. The first-order valence-electron chi connectivity index (χ1n) is 6.42. The molecule has 0 saturated heterocycles. The lowest BCUT2D eigenvalue weighted by Crippen LogP contribution is -2.23. The fourth-order valence-electron chi connectivity index (χ4n) is 1.08. The molecule has 21 heavy (non-hydrogen) atoms. The summed E-state index contributed by atoms with van der Waals surface area (Å²) < 4.78 is 5.14. The minimum Gasteiger partial charge on any atom is -0.465 e. The second-order valence-electron chi connectivity index (χ2n) is 5.02. The van der Waals surface area contributed by atoms with E-state index in [4.69, 9.17) is 9.84 Å². The molecule has 0 saturated carbocycles. The molecule has 0 fully saturated rings. The van der Waals surface area contributed by atoms with E-state index in [-0.39, 0.29) is 5.97 Å². The summed E-state index contributed by atoms with van der Waals surface area (Å²) in [5.74, 6) is -0.333. The first-order chi connectivity index (χ1) is 9.76. The van der Waals surface area contributed by atoms with Crippen molar-refractivity contribution in [2.45, 2.75) is 32.8 Å². The van der Waals surface area contributed by atoms with Crippen LogP contribution in [0.1, 0.15) is 37.6 Å². The number of ether oxygens (including phenoxy) is 1. The zero-order valence-corrected chi connectivity index (χ0v) is 14.0. The van der Waals surface area contributed by atoms with E-state index >= 15 is 0 Å². The van der Waals surface area contributed by atoms with Crippen molar-refractivity contribution >= 4 is 28.0 Å². The lowest BCUT2D eigenvalue weighted by Gasteiger charge is -2.19. The maximum Gasteiger partial charge on any atom is 0.404 e. The largest absolute Gasteiger partial charge is 0.465 e. The van der Waals surface area contributed by atoms with Crippen molar-refractivity contribution in [3.63, 3.8) is 0 Å². The number of hydrogen-bond acceptors (Lipinski definition) is 4.